The van der Waals surface area contributed by atoms with Crippen LogP contribution in [0.5, 0.6) is 0 Å². The van der Waals surface area contributed by atoms with Gasteiger partial charge in [-0.05, 0) is 11.8 Å². The summed E-state index contributed by atoms with van der Waals surface area (Å²) in [5.74, 6) is 2.05. The molecule has 74 valence electrons. The maximum Gasteiger partial charge on any atom is 0.290 e. The Kier molecular flexibility index (Phi) is 5.93. The van der Waals surface area contributed by atoms with Crippen LogP contribution in [0.25, 0.3) is 0 Å². The minimum atomic E-state index is -2.70. The average molecular weight is 221 g/mol. The fourth-order valence-electron chi connectivity index (χ4n) is 0.485. The molecule has 0 fully saturated rings. The van der Waals surface area contributed by atoms with Gasteiger partial charge in [0, 0.05) is 13.5 Å². The Morgan fingerprint density at radius 3 is 2.77 bits per heavy atom. The first-order valence-electron chi connectivity index (χ1n) is 3.63. The monoisotopic (exact) mass is 221 g/mol. The van der Waals surface area contributed by atoms with Gasteiger partial charge in [-0.25, -0.2) is 0 Å². The molecule has 0 spiro atoms. The molecular weight excluding hydrogens is 209 g/mol. The summed E-state index contributed by atoms with van der Waals surface area (Å²) < 4.78 is 9.92. The lowest BCUT2D eigenvalue weighted by Gasteiger charge is -2.19. The predicted molar refractivity (Wildman–Crippen MR) is 54.5 cm³/mol. The zero-order valence-corrected chi connectivity index (χ0v) is 9.28. The zero-order chi connectivity index (χ0) is 10.3. The summed E-state index contributed by atoms with van der Waals surface area (Å²) in [6.07, 6.45) is 5.32. The summed E-state index contributed by atoms with van der Waals surface area (Å²) in [5.41, 5.74) is 0. The number of rotatable bonds is 5. The molecule has 0 bridgehead atoms. The second-order valence-electron chi connectivity index (χ2n) is 2.05. The van der Waals surface area contributed by atoms with E-state index in [0.717, 1.165) is 0 Å². The normalized spacial score (nSPS) is 14.2. The van der Waals surface area contributed by atoms with Crippen LogP contribution in [0.3, 0.4) is 0 Å². The fourth-order valence-corrected chi connectivity index (χ4v) is 1.92. The number of nitrogens with one attached hydrogen (secondary N) is 1. The van der Waals surface area contributed by atoms with Crippen LogP contribution in [0.1, 0.15) is 13.3 Å². The van der Waals surface area contributed by atoms with E-state index in [4.69, 9.17) is 27.3 Å². The van der Waals surface area contributed by atoms with Crippen LogP contribution in [-0.2, 0) is 25.6 Å². The standard InChI is InChI=1S/C7H12NO3PS/c1-4-6-11-12(13,10-3)8-7(9)5-2/h1H,5-6H2,2-3H3,(H,8,9,13). The molecule has 1 amide bonds. The van der Waals surface area contributed by atoms with E-state index in [1.54, 1.807) is 6.92 Å². The van der Waals surface area contributed by atoms with Gasteiger partial charge in [0.1, 0.15) is 6.61 Å². The van der Waals surface area contributed by atoms with E-state index in [-0.39, 0.29) is 12.5 Å². The second-order valence-corrected chi connectivity index (χ2v) is 5.33. The van der Waals surface area contributed by atoms with Crippen molar-refractivity contribution in [2.24, 2.45) is 0 Å². The molecule has 13 heavy (non-hydrogen) atoms. The Morgan fingerprint density at radius 1 is 1.77 bits per heavy atom. The third-order valence-electron chi connectivity index (χ3n) is 1.14. The molecule has 0 aliphatic carbocycles. The zero-order valence-electron chi connectivity index (χ0n) is 7.57. The van der Waals surface area contributed by atoms with Gasteiger partial charge in [-0.1, -0.05) is 12.8 Å². The number of hydrogen-bond donors (Lipinski definition) is 1. The minimum Gasteiger partial charge on any atom is -0.317 e. The first kappa shape index (κ1) is 12.6. The highest BCUT2D eigenvalue weighted by Crippen LogP contribution is 2.42. The predicted octanol–water partition coefficient (Wildman–Crippen LogP) is 1.03. The van der Waals surface area contributed by atoms with Crippen LogP contribution in [0, 0.1) is 12.3 Å². The second kappa shape index (κ2) is 6.11. The quantitative estimate of drug-likeness (QED) is 0.556. The van der Waals surface area contributed by atoms with E-state index in [2.05, 4.69) is 11.0 Å². The Hall–Kier alpha value is -0.400. The number of amides is 1. The number of terminal acetylenes is 1. The average Bonchev–Trinajstić information content (AvgIpc) is 2.14. The van der Waals surface area contributed by atoms with E-state index in [1.165, 1.54) is 7.11 Å². The Morgan fingerprint density at radius 2 is 2.38 bits per heavy atom. The molecule has 0 aromatic rings. The highest BCUT2D eigenvalue weighted by Gasteiger charge is 2.18. The van der Waals surface area contributed by atoms with E-state index >= 15 is 0 Å². The largest absolute Gasteiger partial charge is 0.317 e. The molecule has 0 saturated carbocycles. The van der Waals surface area contributed by atoms with Crippen LogP contribution < -0.4 is 5.09 Å². The van der Waals surface area contributed by atoms with Crippen molar-refractivity contribution in [3.05, 3.63) is 0 Å². The van der Waals surface area contributed by atoms with Crippen molar-refractivity contribution in [1.29, 1.82) is 0 Å². The molecule has 0 aliphatic rings. The summed E-state index contributed by atoms with van der Waals surface area (Å²) in [5, 5.41) is 2.47. The van der Waals surface area contributed by atoms with Crippen molar-refractivity contribution in [3.63, 3.8) is 0 Å². The lowest BCUT2D eigenvalue weighted by Crippen LogP contribution is -2.21. The van der Waals surface area contributed by atoms with Crippen LogP contribution in [0.2, 0.25) is 0 Å². The Bertz CT molecular complexity index is 261. The van der Waals surface area contributed by atoms with Gasteiger partial charge in [-0.15, -0.1) is 6.42 Å². The molecule has 0 aromatic carbocycles. The highest BCUT2D eigenvalue weighted by molar-refractivity contribution is 8.09. The third-order valence-corrected chi connectivity index (χ3v) is 3.65. The number of carbonyl (C=O) groups excluding carboxylic acids is 1. The van der Waals surface area contributed by atoms with Gasteiger partial charge in [0.25, 0.3) is 6.64 Å². The number of carbonyl (C=O) groups is 1. The van der Waals surface area contributed by atoms with Gasteiger partial charge < -0.3 is 9.05 Å². The molecule has 1 N–H and O–H groups in total. The summed E-state index contributed by atoms with van der Waals surface area (Å²) in [4.78, 5) is 11.0. The summed E-state index contributed by atoms with van der Waals surface area (Å²) in [7, 11) is 1.38. The first-order valence-corrected chi connectivity index (χ1v) is 6.26. The van der Waals surface area contributed by atoms with Gasteiger partial charge in [-0.3, -0.25) is 9.88 Å². The van der Waals surface area contributed by atoms with Gasteiger partial charge in [0.05, 0.1) is 0 Å². The van der Waals surface area contributed by atoms with Gasteiger partial charge >= 0.3 is 0 Å². The maximum atomic E-state index is 11.0. The summed E-state index contributed by atoms with van der Waals surface area (Å²) >= 11 is 4.95. The van der Waals surface area contributed by atoms with Crippen LogP contribution in [0.4, 0.5) is 0 Å². The molecule has 1 unspecified atom stereocenters. The van der Waals surface area contributed by atoms with E-state index in [0.29, 0.717) is 6.42 Å². The Balaban J connectivity index is 4.21. The molecule has 4 nitrogen and oxygen atoms in total. The molecule has 0 aliphatic heterocycles. The van der Waals surface area contributed by atoms with Crippen molar-refractivity contribution in [1.82, 2.24) is 5.09 Å². The molecule has 0 heterocycles. The fraction of sp³-hybridized carbons (Fsp3) is 0.571. The van der Waals surface area contributed by atoms with E-state index < -0.39 is 6.64 Å². The summed E-state index contributed by atoms with van der Waals surface area (Å²) in [6.45, 7) is -0.947. The molecular formula is C7H12NO3PS. The molecule has 0 saturated heterocycles. The Labute approximate surface area is 83.2 Å². The molecule has 0 rings (SSSR count). The summed E-state index contributed by atoms with van der Waals surface area (Å²) in [6, 6.07) is 0. The molecule has 1 atom stereocenters. The SMILES string of the molecule is C#CCOP(=S)(NC(=O)CC)OC. The smallest absolute Gasteiger partial charge is 0.290 e. The lowest BCUT2D eigenvalue weighted by molar-refractivity contribution is -0.119. The first-order chi connectivity index (χ1) is 6.08. The van der Waals surface area contributed by atoms with Crippen molar-refractivity contribution >= 4 is 24.4 Å². The van der Waals surface area contributed by atoms with Crippen molar-refractivity contribution in [3.8, 4) is 12.3 Å². The molecule has 6 heteroatoms. The molecule has 0 radical (unpaired) electrons. The van der Waals surface area contributed by atoms with E-state index in [9.17, 15) is 4.79 Å². The van der Waals surface area contributed by atoms with Gasteiger partial charge in [0.15, 0.2) is 0 Å². The molecule has 0 aromatic heterocycles. The lowest BCUT2D eigenvalue weighted by atomic mass is 10.5. The topological polar surface area (TPSA) is 47.6 Å². The number of hydrogen-bond acceptors (Lipinski definition) is 4. The van der Waals surface area contributed by atoms with Gasteiger partial charge in [0.2, 0.25) is 5.91 Å². The van der Waals surface area contributed by atoms with Crippen molar-refractivity contribution < 1.29 is 13.8 Å². The van der Waals surface area contributed by atoms with Crippen molar-refractivity contribution in [2.75, 3.05) is 13.7 Å². The van der Waals surface area contributed by atoms with Crippen LogP contribution in [-0.4, -0.2) is 19.6 Å². The van der Waals surface area contributed by atoms with Gasteiger partial charge in [-0.2, -0.15) is 0 Å². The van der Waals surface area contributed by atoms with Crippen LogP contribution in [0.15, 0.2) is 0 Å². The van der Waals surface area contributed by atoms with Crippen LogP contribution >= 0.6 is 6.64 Å². The van der Waals surface area contributed by atoms with Crippen molar-refractivity contribution in [2.45, 2.75) is 13.3 Å². The maximum absolute atomic E-state index is 11.0. The minimum absolute atomic E-state index is 0.0368. The third kappa shape index (κ3) is 5.02. The van der Waals surface area contributed by atoms with E-state index in [1.807, 2.05) is 0 Å². The highest BCUT2D eigenvalue weighted by atomic mass is 32.5.